The fraction of sp³-hybridized carbons (Fsp3) is 0.100. The molecule has 0 spiro atoms. The van der Waals surface area contributed by atoms with Crippen molar-refractivity contribution in [3.05, 3.63) is 97.1 Å². The smallest absolute Gasteiger partial charge is 0.300 e. The van der Waals surface area contributed by atoms with E-state index in [0.717, 1.165) is 36.4 Å². The third-order valence-electron chi connectivity index (χ3n) is 5.42. The molecule has 21 nitrogen and oxygen atoms in total. The molecule has 0 radical (unpaired) electrons. The van der Waals surface area contributed by atoms with E-state index < -0.39 is 80.7 Å². The van der Waals surface area contributed by atoms with Crippen molar-refractivity contribution in [2.45, 2.75) is 14.7 Å². The highest BCUT2D eigenvalue weighted by molar-refractivity contribution is 7.99. The fourth-order valence-corrected chi connectivity index (χ4v) is 5.36. The number of hydrogen-bond acceptors (Lipinski definition) is 18. The Balaban J connectivity index is 1.88. The molecule has 0 aromatic heterocycles. The molecular weight excluding hydrogens is 654 g/mol. The van der Waals surface area contributed by atoms with Gasteiger partial charge in [0, 0.05) is 51.1 Å². The average molecular weight is 670 g/mol. The lowest BCUT2D eigenvalue weighted by molar-refractivity contribution is -0.392. The summed E-state index contributed by atoms with van der Waals surface area (Å²) in [6.07, 6.45) is 0. The monoisotopic (exact) mass is 669 g/mol. The first-order valence-electron chi connectivity index (χ1n) is 11.2. The van der Waals surface area contributed by atoms with E-state index in [0.29, 0.717) is 23.5 Å². The van der Waals surface area contributed by atoms with Crippen molar-refractivity contribution < 1.29 is 29.5 Å². The maximum atomic E-state index is 11.8. The van der Waals surface area contributed by atoms with E-state index in [1.54, 1.807) is 0 Å². The summed E-state index contributed by atoms with van der Waals surface area (Å²) in [4.78, 5) is 63.3. The van der Waals surface area contributed by atoms with Gasteiger partial charge in [0.1, 0.15) is 0 Å². The summed E-state index contributed by atoms with van der Waals surface area (Å²) in [5.74, 6) is -0.721. The van der Waals surface area contributed by atoms with E-state index in [4.69, 9.17) is 5.73 Å². The van der Waals surface area contributed by atoms with Crippen molar-refractivity contribution in [1.82, 2.24) is 0 Å². The minimum absolute atomic E-state index is 0.0391. The summed E-state index contributed by atoms with van der Waals surface area (Å²) in [6.45, 7) is 0. The standard InChI is InChI=1S/C20H15N9O12S3/c21-18-12(24(30)31)3-10(4-13(18)25(32)33)43-8-23-20-16(28(38)39)5-11(6-17(20)29(40)41)44-7-22-19-14(26(34)35)1-9(42)2-15(19)27(36)37/h1-6,22-23,42H,7-8,21H2. The maximum absolute atomic E-state index is 11.8. The van der Waals surface area contributed by atoms with Crippen LogP contribution in [0.3, 0.4) is 0 Å². The van der Waals surface area contributed by atoms with Gasteiger partial charge in [0.15, 0.2) is 17.1 Å². The van der Waals surface area contributed by atoms with Crippen molar-refractivity contribution in [1.29, 1.82) is 0 Å². The first-order valence-corrected chi connectivity index (χ1v) is 13.6. The van der Waals surface area contributed by atoms with E-state index in [-0.39, 0.29) is 26.4 Å². The second kappa shape index (κ2) is 13.7. The molecule has 3 aromatic rings. The van der Waals surface area contributed by atoms with Gasteiger partial charge in [-0.1, -0.05) is 0 Å². The molecule has 0 bridgehead atoms. The molecule has 3 rings (SSSR count). The Morgan fingerprint density at radius 1 is 0.545 bits per heavy atom. The van der Waals surface area contributed by atoms with Crippen LogP contribution in [0.2, 0.25) is 0 Å². The largest absolute Gasteiger partial charge is 0.387 e. The molecule has 0 saturated carbocycles. The fourth-order valence-electron chi connectivity index (χ4n) is 3.57. The van der Waals surface area contributed by atoms with Gasteiger partial charge in [-0.3, -0.25) is 60.7 Å². The highest BCUT2D eigenvalue weighted by Crippen LogP contribution is 2.42. The van der Waals surface area contributed by atoms with Crippen molar-refractivity contribution in [2.24, 2.45) is 0 Å². The van der Waals surface area contributed by atoms with Crippen LogP contribution in [0.4, 0.5) is 51.2 Å². The number of nitrogens with zero attached hydrogens (tertiary/aromatic N) is 6. The number of nitrogens with two attached hydrogens (primary N) is 1. The number of thiol groups is 1. The summed E-state index contributed by atoms with van der Waals surface area (Å²) in [6, 6.07) is 5.71. The van der Waals surface area contributed by atoms with Crippen molar-refractivity contribution >= 4 is 87.3 Å². The second-order valence-electron chi connectivity index (χ2n) is 8.04. The summed E-state index contributed by atoms with van der Waals surface area (Å²) in [5, 5.41) is 73.9. The lowest BCUT2D eigenvalue weighted by Gasteiger charge is -2.11. The number of nitrogen functional groups attached to an aromatic ring is 1. The zero-order chi connectivity index (χ0) is 32.9. The summed E-state index contributed by atoms with van der Waals surface area (Å²) < 4.78 is 0. The molecule has 4 N–H and O–H groups in total. The number of nitrogens with one attached hydrogen (secondary N) is 2. The predicted octanol–water partition coefficient (Wildman–Crippen LogP) is 5.33. The van der Waals surface area contributed by atoms with Crippen LogP contribution < -0.4 is 16.4 Å². The van der Waals surface area contributed by atoms with Crippen LogP contribution >= 0.6 is 36.2 Å². The van der Waals surface area contributed by atoms with Gasteiger partial charge in [-0.25, -0.2) is 0 Å². The number of anilines is 3. The molecule has 24 heteroatoms. The van der Waals surface area contributed by atoms with Gasteiger partial charge < -0.3 is 16.4 Å². The van der Waals surface area contributed by atoms with Gasteiger partial charge in [-0.05, 0) is 0 Å². The Morgan fingerprint density at radius 2 is 0.818 bits per heavy atom. The van der Waals surface area contributed by atoms with Crippen LogP contribution in [0.25, 0.3) is 0 Å². The van der Waals surface area contributed by atoms with Crippen LogP contribution in [0.1, 0.15) is 0 Å². The highest BCUT2D eigenvalue weighted by atomic mass is 32.2. The molecule has 0 amide bonds. The minimum Gasteiger partial charge on any atom is -0.387 e. The molecule has 0 aliphatic rings. The molecule has 0 aliphatic carbocycles. The van der Waals surface area contributed by atoms with E-state index in [2.05, 4.69) is 23.3 Å². The third-order valence-corrected chi connectivity index (χ3v) is 7.39. The molecule has 3 aromatic carbocycles. The van der Waals surface area contributed by atoms with Gasteiger partial charge >= 0.3 is 22.7 Å². The summed E-state index contributed by atoms with van der Waals surface area (Å²) >= 11 is 5.32. The minimum atomic E-state index is -0.938. The number of nitro benzene ring substituents is 6. The molecular formula is C20H15N9O12S3. The number of nitro groups is 6. The van der Waals surface area contributed by atoms with Crippen LogP contribution in [0, 0.1) is 60.7 Å². The molecule has 44 heavy (non-hydrogen) atoms. The number of rotatable bonds is 14. The summed E-state index contributed by atoms with van der Waals surface area (Å²) in [5.41, 5.74) is -0.638. The van der Waals surface area contributed by atoms with Crippen LogP contribution in [0.15, 0.2) is 51.1 Å². The van der Waals surface area contributed by atoms with E-state index in [9.17, 15) is 60.7 Å². The average Bonchev–Trinajstić information content (AvgIpc) is 2.93. The zero-order valence-electron chi connectivity index (χ0n) is 21.3. The van der Waals surface area contributed by atoms with Crippen molar-refractivity contribution in [3.8, 4) is 0 Å². The van der Waals surface area contributed by atoms with Crippen molar-refractivity contribution in [2.75, 3.05) is 28.1 Å². The predicted molar refractivity (Wildman–Crippen MR) is 160 cm³/mol. The van der Waals surface area contributed by atoms with Gasteiger partial charge in [-0.2, -0.15) is 0 Å². The zero-order valence-corrected chi connectivity index (χ0v) is 23.8. The van der Waals surface area contributed by atoms with Crippen LogP contribution in [0.5, 0.6) is 0 Å². The van der Waals surface area contributed by atoms with Crippen LogP contribution in [-0.4, -0.2) is 41.3 Å². The molecule has 0 heterocycles. The maximum Gasteiger partial charge on any atom is 0.300 e. The quantitative estimate of drug-likeness (QED) is 0.0420. The Labute approximate surface area is 256 Å². The lowest BCUT2D eigenvalue weighted by atomic mass is 10.2. The Morgan fingerprint density at radius 3 is 1.11 bits per heavy atom. The number of hydrogen-bond donors (Lipinski definition) is 4. The lowest BCUT2D eigenvalue weighted by Crippen LogP contribution is -2.07. The van der Waals surface area contributed by atoms with Gasteiger partial charge in [0.25, 0.3) is 11.4 Å². The molecule has 230 valence electrons. The molecule has 0 fully saturated rings. The molecule has 0 atom stereocenters. The molecule has 0 saturated heterocycles. The Kier molecular flexibility index (Phi) is 10.2. The number of benzene rings is 3. The van der Waals surface area contributed by atoms with Gasteiger partial charge in [-0.15, -0.1) is 36.2 Å². The highest BCUT2D eigenvalue weighted by Gasteiger charge is 2.29. The molecule has 0 unspecified atom stereocenters. The summed E-state index contributed by atoms with van der Waals surface area (Å²) in [7, 11) is 0. The van der Waals surface area contributed by atoms with Gasteiger partial charge in [0.2, 0.25) is 0 Å². The van der Waals surface area contributed by atoms with Gasteiger partial charge in [0.05, 0.1) is 41.3 Å². The number of thioether (sulfide) groups is 2. The van der Waals surface area contributed by atoms with Crippen LogP contribution in [-0.2, 0) is 0 Å². The topological polar surface area (TPSA) is 309 Å². The Bertz CT molecular complexity index is 1630. The first-order chi connectivity index (χ1) is 20.6. The van der Waals surface area contributed by atoms with E-state index >= 15 is 0 Å². The normalized spacial score (nSPS) is 10.6. The first kappa shape index (κ1) is 33.0. The van der Waals surface area contributed by atoms with Crippen molar-refractivity contribution in [3.63, 3.8) is 0 Å². The molecule has 0 aliphatic heterocycles. The van der Waals surface area contributed by atoms with E-state index in [1.165, 1.54) is 0 Å². The third kappa shape index (κ3) is 7.47. The van der Waals surface area contributed by atoms with E-state index in [1.807, 2.05) is 0 Å². The Hall–Kier alpha value is -5.49. The SMILES string of the molecule is Nc1c([N+](=O)[O-])cc(SCNc2c([N+](=O)[O-])cc(SCNc3c([N+](=O)[O-])cc(S)cc3[N+](=O)[O-])cc2[N+](=O)[O-])cc1[N+](=O)[O-]. The second-order valence-corrected chi connectivity index (χ2v) is 10.7.